The van der Waals surface area contributed by atoms with Crippen LogP contribution in [0.2, 0.25) is 0 Å². The van der Waals surface area contributed by atoms with Crippen molar-refractivity contribution in [3.63, 3.8) is 0 Å². The van der Waals surface area contributed by atoms with Crippen LogP contribution in [0.4, 0.5) is 5.69 Å². The first kappa shape index (κ1) is 17.7. The second-order valence-corrected chi connectivity index (χ2v) is 5.57. The van der Waals surface area contributed by atoms with Crippen LogP contribution in [0.5, 0.6) is 11.5 Å². The van der Waals surface area contributed by atoms with Gasteiger partial charge in [0, 0.05) is 38.3 Å². The van der Waals surface area contributed by atoms with Gasteiger partial charge in [0.2, 0.25) is 0 Å². The van der Waals surface area contributed by atoms with Gasteiger partial charge < -0.3 is 29.8 Å². The van der Waals surface area contributed by atoms with Gasteiger partial charge in [-0.1, -0.05) is 0 Å². The molecule has 2 aromatic rings. The van der Waals surface area contributed by atoms with E-state index in [4.69, 9.17) is 13.9 Å². The number of amides is 1. The molecule has 2 heterocycles. The molecule has 0 unspecified atom stereocenters. The molecule has 1 aliphatic rings. The van der Waals surface area contributed by atoms with Crippen LogP contribution >= 0.6 is 0 Å². The molecule has 1 amide bonds. The minimum atomic E-state index is -0.248. The number of anilines is 1. The number of carbonyl (C=O) groups excluding carboxylic acids is 1. The SMILES string of the molecule is CN=C(NCCNC(=O)c1ccco1)Nc1ccc2c(c1)OCCCO2. The second-order valence-electron chi connectivity index (χ2n) is 5.57. The fourth-order valence-corrected chi connectivity index (χ4v) is 2.41. The third kappa shape index (κ3) is 4.69. The summed E-state index contributed by atoms with van der Waals surface area (Å²) in [7, 11) is 1.68. The van der Waals surface area contributed by atoms with Crippen molar-refractivity contribution in [3.05, 3.63) is 42.4 Å². The van der Waals surface area contributed by atoms with Crippen molar-refractivity contribution >= 4 is 17.6 Å². The van der Waals surface area contributed by atoms with Gasteiger partial charge >= 0.3 is 0 Å². The average Bonchev–Trinajstić information content (AvgIpc) is 3.10. The molecule has 0 radical (unpaired) electrons. The third-order valence-electron chi connectivity index (χ3n) is 3.68. The number of guanidine groups is 1. The first-order valence-corrected chi connectivity index (χ1v) is 8.45. The predicted molar refractivity (Wildman–Crippen MR) is 98.1 cm³/mol. The van der Waals surface area contributed by atoms with Crippen LogP contribution < -0.4 is 25.4 Å². The molecule has 1 aliphatic heterocycles. The van der Waals surface area contributed by atoms with Crippen LogP contribution in [0.1, 0.15) is 17.0 Å². The fourth-order valence-electron chi connectivity index (χ4n) is 2.41. The summed E-state index contributed by atoms with van der Waals surface area (Å²) in [6, 6.07) is 8.95. The van der Waals surface area contributed by atoms with E-state index >= 15 is 0 Å². The number of furan rings is 1. The van der Waals surface area contributed by atoms with Gasteiger partial charge in [0.25, 0.3) is 5.91 Å². The van der Waals surface area contributed by atoms with Gasteiger partial charge in [-0.3, -0.25) is 9.79 Å². The van der Waals surface area contributed by atoms with Gasteiger partial charge in [0.1, 0.15) is 0 Å². The van der Waals surface area contributed by atoms with Gasteiger partial charge in [-0.25, -0.2) is 0 Å². The molecule has 26 heavy (non-hydrogen) atoms. The van der Waals surface area contributed by atoms with Crippen molar-refractivity contribution in [1.82, 2.24) is 10.6 Å². The highest BCUT2D eigenvalue weighted by atomic mass is 16.5. The Hall–Kier alpha value is -3.16. The molecule has 8 heteroatoms. The number of ether oxygens (including phenoxy) is 2. The zero-order valence-corrected chi connectivity index (χ0v) is 14.6. The van der Waals surface area contributed by atoms with E-state index in [9.17, 15) is 4.79 Å². The van der Waals surface area contributed by atoms with Gasteiger partial charge in [-0.15, -0.1) is 0 Å². The molecule has 138 valence electrons. The lowest BCUT2D eigenvalue weighted by Crippen LogP contribution is -2.37. The smallest absolute Gasteiger partial charge is 0.287 e. The molecule has 0 aliphatic carbocycles. The van der Waals surface area contributed by atoms with E-state index in [1.165, 1.54) is 6.26 Å². The number of nitrogens with zero attached hydrogens (tertiary/aromatic N) is 1. The Morgan fingerprint density at radius 3 is 2.69 bits per heavy atom. The first-order valence-electron chi connectivity index (χ1n) is 8.45. The summed E-state index contributed by atoms with van der Waals surface area (Å²) in [5.41, 5.74) is 0.835. The number of rotatable bonds is 5. The molecule has 8 nitrogen and oxygen atoms in total. The highest BCUT2D eigenvalue weighted by Crippen LogP contribution is 2.32. The molecule has 0 saturated carbocycles. The van der Waals surface area contributed by atoms with E-state index in [0.29, 0.717) is 43.8 Å². The zero-order valence-electron chi connectivity index (χ0n) is 14.6. The highest BCUT2D eigenvalue weighted by Gasteiger charge is 2.11. The van der Waals surface area contributed by atoms with Crippen LogP contribution in [0, 0.1) is 0 Å². The Morgan fingerprint density at radius 2 is 1.92 bits per heavy atom. The van der Waals surface area contributed by atoms with E-state index in [1.807, 2.05) is 18.2 Å². The number of carbonyl (C=O) groups is 1. The number of fused-ring (bicyclic) bond motifs is 1. The monoisotopic (exact) mass is 358 g/mol. The van der Waals surface area contributed by atoms with Crippen LogP contribution in [0.25, 0.3) is 0 Å². The molecule has 3 N–H and O–H groups in total. The Labute approximate surface area is 151 Å². The van der Waals surface area contributed by atoms with Crippen LogP contribution in [0.3, 0.4) is 0 Å². The lowest BCUT2D eigenvalue weighted by molar-refractivity contribution is 0.0926. The molecule has 0 saturated heterocycles. The van der Waals surface area contributed by atoms with Crippen LogP contribution in [0.15, 0.2) is 46.0 Å². The van der Waals surface area contributed by atoms with E-state index < -0.39 is 0 Å². The predicted octanol–water partition coefficient (Wildman–Crippen LogP) is 1.86. The molecular formula is C18H22N4O4. The third-order valence-corrected chi connectivity index (χ3v) is 3.68. The lowest BCUT2D eigenvalue weighted by Gasteiger charge is -2.14. The highest BCUT2D eigenvalue weighted by molar-refractivity contribution is 5.94. The first-order chi connectivity index (χ1) is 12.8. The summed E-state index contributed by atoms with van der Waals surface area (Å²) in [5.74, 6) is 2.10. The minimum Gasteiger partial charge on any atom is -0.490 e. The Kier molecular flexibility index (Phi) is 5.97. The molecule has 3 rings (SSSR count). The van der Waals surface area contributed by atoms with Crippen molar-refractivity contribution in [1.29, 1.82) is 0 Å². The zero-order chi connectivity index (χ0) is 18.2. The van der Waals surface area contributed by atoms with E-state index in [-0.39, 0.29) is 5.91 Å². The van der Waals surface area contributed by atoms with Gasteiger partial charge in [0.15, 0.2) is 23.2 Å². The fraction of sp³-hybridized carbons (Fsp3) is 0.333. The molecular weight excluding hydrogens is 336 g/mol. The number of hydrogen-bond donors (Lipinski definition) is 3. The maximum atomic E-state index is 11.8. The topological polar surface area (TPSA) is 97.1 Å². The average molecular weight is 358 g/mol. The quantitative estimate of drug-likeness (QED) is 0.429. The summed E-state index contributed by atoms with van der Waals surface area (Å²) >= 11 is 0. The summed E-state index contributed by atoms with van der Waals surface area (Å²) in [6.45, 7) is 2.24. The Bertz CT molecular complexity index is 759. The number of benzene rings is 1. The van der Waals surface area contributed by atoms with Crippen molar-refractivity contribution in [3.8, 4) is 11.5 Å². The molecule has 0 fully saturated rings. The van der Waals surface area contributed by atoms with E-state index in [1.54, 1.807) is 19.2 Å². The van der Waals surface area contributed by atoms with Gasteiger partial charge in [-0.05, 0) is 24.3 Å². The number of nitrogens with one attached hydrogen (secondary N) is 3. The molecule has 0 atom stereocenters. The van der Waals surface area contributed by atoms with Gasteiger partial charge in [-0.2, -0.15) is 0 Å². The van der Waals surface area contributed by atoms with Crippen molar-refractivity contribution in [2.24, 2.45) is 4.99 Å². The summed E-state index contributed by atoms with van der Waals surface area (Å²) in [5, 5.41) is 9.08. The molecule has 1 aromatic heterocycles. The lowest BCUT2D eigenvalue weighted by atomic mass is 10.3. The van der Waals surface area contributed by atoms with E-state index in [0.717, 1.165) is 17.9 Å². The minimum absolute atomic E-state index is 0.248. The Balaban J connectivity index is 1.47. The van der Waals surface area contributed by atoms with Gasteiger partial charge in [0.05, 0.1) is 19.5 Å². The second kappa shape index (κ2) is 8.80. The standard InChI is InChI=1S/C18H22N4O4/c1-19-18(21-8-7-20-17(23)15-4-2-9-25-15)22-13-5-6-14-16(12-13)26-11-3-10-24-14/h2,4-6,9,12H,3,7-8,10-11H2,1H3,(H,20,23)(H2,19,21,22). The maximum absolute atomic E-state index is 11.8. The van der Waals surface area contributed by atoms with E-state index in [2.05, 4.69) is 20.9 Å². The number of aliphatic imine (C=N–C) groups is 1. The van der Waals surface area contributed by atoms with Crippen LogP contribution in [-0.4, -0.2) is 45.2 Å². The largest absolute Gasteiger partial charge is 0.490 e. The summed E-state index contributed by atoms with van der Waals surface area (Å²) in [4.78, 5) is 15.9. The summed E-state index contributed by atoms with van der Waals surface area (Å²) in [6.07, 6.45) is 2.33. The Morgan fingerprint density at radius 1 is 1.12 bits per heavy atom. The number of hydrogen-bond acceptors (Lipinski definition) is 5. The molecule has 0 bridgehead atoms. The van der Waals surface area contributed by atoms with Crippen molar-refractivity contribution in [2.75, 3.05) is 38.7 Å². The van der Waals surface area contributed by atoms with Crippen molar-refractivity contribution < 1.29 is 18.7 Å². The normalized spacial score (nSPS) is 13.7. The molecule has 1 aromatic carbocycles. The summed E-state index contributed by atoms with van der Waals surface area (Å²) < 4.78 is 16.3. The van der Waals surface area contributed by atoms with Crippen LogP contribution in [-0.2, 0) is 0 Å². The molecule has 0 spiro atoms. The maximum Gasteiger partial charge on any atom is 0.287 e. The van der Waals surface area contributed by atoms with Crippen molar-refractivity contribution in [2.45, 2.75) is 6.42 Å².